The first-order valence-corrected chi connectivity index (χ1v) is 50.2. The molecule has 3 aliphatic carbocycles. The van der Waals surface area contributed by atoms with Crippen molar-refractivity contribution in [3.63, 3.8) is 0 Å². The van der Waals surface area contributed by atoms with Gasteiger partial charge in [0.05, 0.1) is 109 Å². The number of fused-ring (bicyclic) bond motifs is 5. The van der Waals surface area contributed by atoms with E-state index in [9.17, 15) is 49.5 Å². The standard InChI is InChI=1S/3C19H21BrN6O3.2C18H19BrN6O3/c20-15-12-22-26-17(24-19(28)29-14-5-3-7-21-11-14)10-16(23-18(15)26)25-8-2-1-4-13(25)6-9-27;2*20-14-10-22-26-17(25-19(28)29-13-5-3-7-21-9-13)8-16(24-18(14)26)23-15-6-2-1-4-12(15)11-27;19-13-10-21-25-15(23-17(27)28-12-4-3-7-20-9-12)8-14(22-16(13)25)24-18(11-26)5-1-2-6-18;19-14-10-21-25-16(23-18(27)28-13-5-3-6-20-9-13)8-15(22-17(14)25)24-7-2-1-4-12(24)11-26/h3,5,7,10-13,27H,1-2,4,6,8-9H2,(H,24,28);2*3,5,7-10,12,15,27H,1-2,4,6,11H2,(H,23,24)(H,25,28);3-4,7-10,26H,1-2,5-6,11H2,(H,22,24)(H,23,27);3,5-6,8-10,12,26H,1-2,4,7,11H2,(H,23,27)/t;12-,15+;12-,15-;;/m.01../s1. The summed E-state index contributed by atoms with van der Waals surface area (Å²) >= 11 is 17.2. The molecule has 50 heteroatoms. The number of ether oxygens (including phenoxy) is 5. The van der Waals surface area contributed by atoms with Gasteiger partial charge in [-0.15, -0.1) is 0 Å². The molecule has 2 aliphatic heterocycles. The molecular formula is C93H101Br5N30O15. The van der Waals surface area contributed by atoms with Crippen LogP contribution in [0.4, 0.5) is 82.2 Å². The molecule has 748 valence electrons. The van der Waals surface area contributed by atoms with Crippen molar-refractivity contribution in [3.05, 3.63) is 206 Å². The Balaban J connectivity index is 0.000000128. The van der Waals surface area contributed by atoms with E-state index < -0.39 is 36.0 Å². The average molecular weight is 2280 g/mol. The summed E-state index contributed by atoms with van der Waals surface area (Å²) in [6.07, 6.45) is 39.1. The molecule has 3 saturated carbocycles. The van der Waals surface area contributed by atoms with Crippen LogP contribution in [0.2, 0.25) is 0 Å². The monoisotopic (exact) mass is 2270 g/mol. The molecule has 0 bridgehead atoms. The van der Waals surface area contributed by atoms with E-state index in [4.69, 9.17) is 28.7 Å². The number of piperidine rings is 2. The topological polar surface area (TPSA) is 551 Å². The van der Waals surface area contributed by atoms with Gasteiger partial charge in [0.15, 0.2) is 57.0 Å². The smallest absolute Gasteiger partial charge is 0.408 e. The first-order valence-electron chi connectivity index (χ1n) is 46.2. The highest BCUT2D eigenvalue weighted by Crippen LogP contribution is 2.38. The number of hydrogen-bond acceptors (Lipinski definition) is 35. The lowest BCUT2D eigenvalue weighted by Gasteiger charge is -2.36. The van der Waals surface area contributed by atoms with Crippen LogP contribution in [0.5, 0.6) is 28.7 Å². The highest BCUT2D eigenvalue weighted by Gasteiger charge is 2.36. The SMILES string of the molecule is O=C(Nc1cc(N2CCCCC2CCO)nc2c(Br)cnn12)Oc1cccnc1.O=C(Nc1cc(N2CCCCC2CO)nc2c(Br)cnn12)Oc1cccnc1.O=C(Nc1cc(NC2(CO)CCCC2)nc2c(Br)cnn12)Oc1cccnc1.O=C(Nc1cc(N[C@@H]2CCCC[C@@H]2CO)nc2c(Br)cnn12)Oc1cccnc1.O=C(Nc1cc(N[C@@H]2CCCC[C@H]2CO)nc2c(Br)cnn12)Oc1cccnc1. The second kappa shape index (κ2) is 49.4. The lowest BCUT2D eigenvalue weighted by atomic mass is 9.85. The Morgan fingerprint density at radius 3 is 0.965 bits per heavy atom. The zero-order chi connectivity index (χ0) is 99.7. The van der Waals surface area contributed by atoms with Gasteiger partial charge in [-0.1, -0.05) is 38.5 Å². The molecule has 0 radical (unpaired) electrons. The molecule has 0 aromatic carbocycles. The van der Waals surface area contributed by atoms with E-state index in [2.05, 4.69) is 202 Å². The number of pyridine rings is 5. The largest absolute Gasteiger partial charge is 0.418 e. The van der Waals surface area contributed by atoms with Gasteiger partial charge in [-0.25, -0.2) is 48.9 Å². The van der Waals surface area contributed by atoms with Gasteiger partial charge in [0.25, 0.3) is 0 Å². The molecule has 5 amide bonds. The molecule has 6 atom stereocenters. The third-order valence-electron chi connectivity index (χ3n) is 24.2. The predicted molar refractivity (Wildman–Crippen MR) is 546 cm³/mol. The Morgan fingerprint density at radius 2 is 0.650 bits per heavy atom. The maximum atomic E-state index is 12.4. The molecule has 2 saturated heterocycles. The summed E-state index contributed by atoms with van der Waals surface area (Å²) in [5.74, 6) is 7.26. The van der Waals surface area contributed by atoms with Crippen LogP contribution in [-0.2, 0) is 0 Å². The maximum Gasteiger partial charge on any atom is 0.418 e. The van der Waals surface area contributed by atoms with Gasteiger partial charge >= 0.3 is 30.5 Å². The zero-order valence-electron chi connectivity index (χ0n) is 76.7. The first-order chi connectivity index (χ1) is 69.7. The molecular weight excluding hydrogens is 2180 g/mol. The number of carbonyl (C=O) groups is 5. The summed E-state index contributed by atoms with van der Waals surface area (Å²) in [5, 5.41) is 93.5. The Hall–Kier alpha value is -13.6. The molecule has 143 heavy (non-hydrogen) atoms. The molecule has 20 rings (SSSR count). The summed E-state index contributed by atoms with van der Waals surface area (Å²) < 4.78 is 37.4. The minimum absolute atomic E-state index is 0.000548. The van der Waals surface area contributed by atoms with Crippen molar-refractivity contribution >= 4 is 197 Å². The van der Waals surface area contributed by atoms with Crippen LogP contribution in [0.3, 0.4) is 0 Å². The molecule has 45 nitrogen and oxygen atoms in total. The second-order valence-electron chi connectivity index (χ2n) is 33.8. The number of anilines is 10. The van der Waals surface area contributed by atoms with E-state index in [0.717, 1.165) is 139 Å². The molecule has 2 unspecified atom stereocenters. The number of halogens is 5. The number of aliphatic hydroxyl groups excluding tert-OH is 5. The molecule has 15 aromatic rings. The van der Waals surface area contributed by atoms with Crippen molar-refractivity contribution in [3.8, 4) is 28.7 Å². The predicted octanol–water partition coefficient (Wildman–Crippen LogP) is 16.2. The van der Waals surface area contributed by atoms with Gasteiger partial charge in [-0.3, -0.25) is 51.5 Å². The summed E-state index contributed by atoms with van der Waals surface area (Å²) in [7, 11) is 0. The van der Waals surface area contributed by atoms with Crippen molar-refractivity contribution in [2.75, 3.05) is 98.5 Å². The molecule has 17 heterocycles. The Morgan fingerprint density at radius 1 is 0.350 bits per heavy atom. The minimum Gasteiger partial charge on any atom is -0.408 e. The zero-order valence-corrected chi connectivity index (χ0v) is 84.6. The Labute approximate surface area is 858 Å². The fourth-order valence-corrected chi connectivity index (χ4v) is 19.1. The van der Waals surface area contributed by atoms with E-state index in [0.29, 0.717) is 134 Å². The number of aromatic nitrogens is 20. The molecule has 0 spiro atoms. The van der Waals surface area contributed by atoms with Gasteiger partial charge < -0.3 is 75.0 Å². The average Bonchev–Trinajstić information content (AvgIpc) is 1.68. The first kappa shape index (κ1) is 102. The lowest BCUT2D eigenvalue weighted by Crippen LogP contribution is -2.42. The van der Waals surface area contributed by atoms with Crippen molar-refractivity contribution in [2.45, 2.75) is 152 Å². The van der Waals surface area contributed by atoms with Crippen molar-refractivity contribution in [2.24, 2.45) is 11.8 Å². The van der Waals surface area contributed by atoms with E-state index in [1.165, 1.54) is 49.0 Å². The highest BCUT2D eigenvalue weighted by atomic mass is 79.9. The van der Waals surface area contributed by atoms with Gasteiger partial charge in [0.2, 0.25) is 0 Å². The van der Waals surface area contributed by atoms with Gasteiger partial charge in [-0.2, -0.15) is 48.1 Å². The number of amides is 5. The highest BCUT2D eigenvalue weighted by molar-refractivity contribution is 9.11. The quantitative estimate of drug-likeness (QED) is 0.0267. The second-order valence-corrected chi connectivity index (χ2v) is 38.1. The van der Waals surface area contributed by atoms with E-state index in [-0.39, 0.29) is 69.0 Å². The maximum absolute atomic E-state index is 12.4. The summed E-state index contributed by atoms with van der Waals surface area (Å²) in [5.41, 5.74) is 2.41. The van der Waals surface area contributed by atoms with Gasteiger partial charge in [-0.05, 0) is 224 Å². The van der Waals surface area contributed by atoms with Crippen LogP contribution in [0, 0.1) is 11.8 Å². The van der Waals surface area contributed by atoms with E-state index in [1.54, 1.807) is 157 Å². The fourth-order valence-electron chi connectivity index (χ4n) is 17.3. The number of nitrogens with one attached hydrogen (secondary N) is 8. The van der Waals surface area contributed by atoms with Gasteiger partial charge in [0.1, 0.15) is 58.2 Å². The summed E-state index contributed by atoms with van der Waals surface area (Å²) in [6, 6.07) is 25.7. The van der Waals surface area contributed by atoms with Crippen LogP contribution in [0.1, 0.15) is 122 Å². The van der Waals surface area contributed by atoms with Crippen LogP contribution >= 0.6 is 79.6 Å². The summed E-state index contributed by atoms with van der Waals surface area (Å²) in [6.45, 7) is 2.12. The van der Waals surface area contributed by atoms with E-state index >= 15 is 0 Å². The normalized spacial score (nSPS) is 17.5. The third-order valence-corrected chi connectivity index (χ3v) is 27.0. The third kappa shape index (κ3) is 26.7. The fraction of sp³-hybridized carbons (Fsp3) is 0.355. The lowest BCUT2D eigenvalue weighted by molar-refractivity contribution is 0.178. The van der Waals surface area contributed by atoms with Crippen LogP contribution in [0.25, 0.3) is 28.2 Å². The number of hydrogen-bond donors (Lipinski definition) is 13. The summed E-state index contributed by atoms with van der Waals surface area (Å²) in [4.78, 5) is 109. The number of rotatable bonds is 24. The van der Waals surface area contributed by atoms with Crippen molar-refractivity contribution < 1.29 is 73.2 Å². The van der Waals surface area contributed by atoms with E-state index in [1.807, 2.05) is 0 Å². The minimum atomic E-state index is -0.671. The molecule has 5 aliphatic rings. The van der Waals surface area contributed by atoms with Gasteiger partial charge in [0, 0.05) is 124 Å². The molecule has 13 N–H and O–H groups in total. The van der Waals surface area contributed by atoms with Crippen LogP contribution in [0.15, 0.2) is 206 Å². The van der Waals surface area contributed by atoms with Crippen molar-refractivity contribution in [1.82, 2.24) is 97.9 Å². The van der Waals surface area contributed by atoms with Crippen LogP contribution < -0.4 is 76.0 Å². The number of nitrogens with zero attached hydrogens (tertiary/aromatic N) is 22. The number of aliphatic hydroxyl groups is 5. The van der Waals surface area contributed by atoms with Crippen molar-refractivity contribution in [1.29, 1.82) is 0 Å². The molecule has 5 fully saturated rings. The Bertz CT molecular complexity index is 6660. The Kier molecular flexibility index (Phi) is 35.3. The molecule has 15 aromatic heterocycles. The van der Waals surface area contributed by atoms with Crippen LogP contribution in [-0.4, -0.2) is 230 Å². The number of carbonyl (C=O) groups excluding carboxylic acids is 5.